The summed E-state index contributed by atoms with van der Waals surface area (Å²) in [6.07, 6.45) is 0. The molecular formula is C10H22NOS+. The number of hydrogen-bond donors (Lipinski definition) is 0. The number of thioether (sulfide) groups is 1. The van der Waals surface area contributed by atoms with Crippen molar-refractivity contribution < 1.29 is 9.28 Å². The van der Waals surface area contributed by atoms with E-state index in [0.29, 0.717) is 5.12 Å². The minimum absolute atomic E-state index is 0.199. The Hall–Kier alpha value is -0.0200. The summed E-state index contributed by atoms with van der Waals surface area (Å²) >= 11 is 1.46. The molecule has 0 aromatic rings. The second-order valence-electron chi connectivity index (χ2n) is 5.40. The van der Waals surface area contributed by atoms with E-state index in [2.05, 4.69) is 21.1 Å². The molecule has 0 unspecified atom stereocenters. The third-order valence-corrected chi connectivity index (χ3v) is 2.87. The number of carbonyl (C=O) groups excluding carboxylic acids is 1. The van der Waals surface area contributed by atoms with Crippen molar-refractivity contribution in [3.05, 3.63) is 0 Å². The molecule has 0 N–H and O–H groups in total. The zero-order chi connectivity index (χ0) is 10.7. The van der Waals surface area contributed by atoms with Crippen LogP contribution in [0.4, 0.5) is 0 Å². The maximum atomic E-state index is 11.5. The quantitative estimate of drug-likeness (QED) is 0.654. The summed E-state index contributed by atoms with van der Waals surface area (Å²) in [7, 11) is 6.42. The van der Waals surface area contributed by atoms with Gasteiger partial charge in [-0.05, 0) is 0 Å². The fourth-order valence-electron chi connectivity index (χ4n) is 0.629. The Labute approximate surface area is 86.3 Å². The third kappa shape index (κ3) is 7.08. The average molecular weight is 204 g/mol. The molecule has 0 aliphatic carbocycles. The molecule has 0 fully saturated rings. The van der Waals surface area contributed by atoms with E-state index in [9.17, 15) is 4.79 Å². The summed E-state index contributed by atoms with van der Waals surface area (Å²) < 4.78 is 0.921. The molecule has 0 radical (unpaired) electrons. The van der Waals surface area contributed by atoms with Gasteiger partial charge in [-0.25, -0.2) is 0 Å². The summed E-state index contributed by atoms with van der Waals surface area (Å²) in [6.45, 7) is 6.93. The second kappa shape index (κ2) is 4.47. The lowest BCUT2D eigenvalue weighted by Crippen LogP contribution is -2.36. The zero-order valence-corrected chi connectivity index (χ0v) is 10.5. The van der Waals surface area contributed by atoms with Gasteiger partial charge >= 0.3 is 0 Å². The molecule has 2 nitrogen and oxygen atoms in total. The van der Waals surface area contributed by atoms with Gasteiger partial charge in [0, 0.05) is 5.41 Å². The van der Waals surface area contributed by atoms with Crippen LogP contribution >= 0.6 is 11.8 Å². The Morgan fingerprint density at radius 2 is 1.69 bits per heavy atom. The molecule has 0 rings (SSSR count). The second-order valence-corrected chi connectivity index (χ2v) is 6.47. The van der Waals surface area contributed by atoms with Crippen molar-refractivity contribution >= 4 is 16.9 Å². The summed E-state index contributed by atoms with van der Waals surface area (Å²) in [6, 6.07) is 0. The lowest BCUT2D eigenvalue weighted by atomic mass is 10.00. The van der Waals surface area contributed by atoms with Crippen molar-refractivity contribution in [3.8, 4) is 0 Å². The van der Waals surface area contributed by atoms with Gasteiger partial charge in [0.1, 0.15) is 0 Å². The number of hydrogen-bond acceptors (Lipinski definition) is 2. The lowest BCUT2D eigenvalue weighted by molar-refractivity contribution is -0.867. The summed E-state index contributed by atoms with van der Waals surface area (Å²) in [5.74, 6) is 0.916. The van der Waals surface area contributed by atoms with Crippen LogP contribution in [0.15, 0.2) is 0 Å². The molecule has 78 valence electrons. The van der Waals surface area contributed by atoms with Gasteiger partial charge in [-0.2, -0.15) is 0 Å². The van der Waals surface area contributed by atoms with Crippen LogP contribution in [0.5, 0.6) is 0 Å². The minimum atomic E-state index is -0.199. The van der Waals surface area contributed by atoms with Crippen molar-refractivity contribution in [2.24, 2.45) is 5.41 Å². The normalized spacial score (nSPS) is 13.1. The Morgan fingerprint density at radius 3 is 2.00 bits per heavy atom. The molecule has 13 heavy (non-hydrogen) atoms. The van der Waals surface area contributed by atoms with E-state index in [1.807, 2.05) is 20.8 Å². The Kier molecular flexibility index (Phi) is 4.46. The highest BCUT2D eigenvalue weighted by Gasteiger charge is 2.22. The van der Waals surface area contributed by atoms with E-state index in [1.54, 1.807) is 0 Å². The maximum absolute atomic E-state index is 11.5. The minimum Gasteiger partial charge on any atom is -0.330 e. The van der Waals surface area contributed by atoms with Crippen molar-refractivity contribution in [2.75, 3.05) is 33.4 Å². The van der Waals surface area contributed by atoms with E-state index in [1.165, 1.54) is 11.8 Å². The van der Waals surface area contributed by atoms with Gasteiger partial charge < -0.3 is 4.48 Å². The number of rotatable bonds is 3. The van der Waals surface area contributed by atoms with Gasteiger partial charge in [-0.3, -0.25) is 4.79 Å². The van der Waals surface area contributed by atoms with Gasteiger partial charge in [-0.15, -0.1) is 0 Å². The molecule has 0 atom stereocenters. The Bertz CT molecular complexity index is 176. The molecule has 0 aliphatic heterocycles. The number of quaternary nitrogens is 1. The first-order valence-electron chi connectivity index (χ1n) is 4.60. The van der Waals surface area contributed by atoms with Crippen LogP contribution in [-0.4, -0.2) is 43.0 Å². The third-order valence-electron chi connectivity index (χ3n) is 1.61. The first kappa shape index (κ1) is 13.0. The van der Waals surface area contributed by atoms with Gasteiger partial charge in [-0.1, -0.05) is 32.5 Å². The summed E-state index contributed by atoms with van der Waals surface area (Å²) in [5, 5.41) is 0.293. The fourth-order valence-corrected chi connectivity index (χ4v) is 1.89. The van der Waals surface area contributed by atoms with Crippen LogP contribution in [-0.2, 0) is 4.79 Å². The highest BCUT2D eigenvalue weighted by molar-refractivity contribution is 8.13. The van der Waals surface area contributed by atoms with E-state index in [-0.39, 0.29) is 5.41 Å². The van der Waals surface area contributed by atoms with E-state index >= 15 is 0 Å². The molecule has 0 saturated heterocycles. The first-order chi connectivity index (χ1) is 5.63. The standard InChI is InChI=1S/C10H22NOS/c1-10(2,3)9(12)13-8-7-11(4,5)6/h7-8H2,1-6H3/q+1. The van der Waals surface area contributed by atoms with Crippen LogP contribution < -0.4 is 0 Å². The van der Waals surface area contributed by atoms with Gasteiger partial charge in [0.05, 0.1) is 33.4 Å². The van der Waals surface area contributed by atoms with E-state index in [0.717, 1.165) is 16.8 Å². The fraction of sp³-hybridized carbons (Fsp3) is 0.900. The predicted octanol–water partition coefficient (Wildman–Crippen LogP) is 2.00. The van der Waals surface area contributed by atoms with Crippen molar-refractivity contribution in [2.45, 2.75) is 20.8 Å². The Morgan fingerprint density at radius 1 is 1.23 bits per heavy atom. The molecule has 0 heterocycles. The van der Waals surface area contributed by atoms with Crippen LogP contribution in [0.1, 0.15) is 20.8 Å². The summed E-state index contributed by atoms with van der Waals surface area (Å²) in [4.78, 5) is 11.5. The van der Waals surface area contributed by atoms with Crippen LogP contribution in [0.2, 0.25) is 0 Å². The highest BCUT2D eigenvalue weighted by Crippen LogP contribution is 2.22. The number of nitrogens with zero attached hydrogens (tertiary/aromatic N) is 1. The molecule has 0 spiro atoms. The monoisotopic (exact) mass is 204 g/mol. The van der Waals surface area contributed by atoms with Gasteiger partial charge in [0.2, 0.25) is 0 Å². The molecule has 0 bridgehead atoms. The highest BCUT2D eigenvalue weighted by atomic mass is 32.2. The topological polar surface area (TPSA) is 17.1 Å². The van der Waals surface area contributed by atoms with Crippen LogP contribution in [0, 0.1) is 5.41 Å². The zero-order valence-electron chi connectivity index (χ0n) is 9.68. The average Bonchev–Trinajstić information content (AvgIpc) is 1.82. The molecule has 0 aliphatic rings. The lowest BCUT2D eigenvalue weighted by Gasteiger charge is -2.24. The summed E-state index contributed by atoms with van der Waals surface area (Å²) in [5.41, 5.74) is -0.199. The van der Waals surface area contributed by atoms with Gasteiger partial charge in [0.15, 0.2) is 5.12 Å². The SMILES string of the molecule is CC(C)(C)C(=O)SCC[N+](C)(C)C. The van der Waals surface area contributed by atoms with Crippen molar-refractivity contribution in [1.82, 2.24) is 0 Å². The maximum Gasteiger partial charge on any atom is 0.194 e. The van der Waals surface area contributed by atoms with Gasteiger partial charge in [0.25, 0.3) is 0 Å². The van der Waals surface area contributed by atoms with E-state index in [4.69, 9.17) is 0 Å². The van der Waals surface area contributed by atoms with Crippen molar-refractivity contribution in [1.29, 1.82) is 0 Å². The molecule has 0 aromatic heterocycles. The van der Waals surface area contributed by atoms with E-state index < -0.39 is 0 Å². The molecular weight excluding hydrogens is 182 g/mol. The number of carbonyl (C=O) groups is 1. The molecule has 3 heteroatoms. The van der Waals surface area contributed by atoms with Crippen LogP contribution in [0.25, 0.3) is 0 Å². The smallest absolute Gasteiger partial charge is 0.194 e. The molecule has 0 amide bonds. The largest absolute Gasteiger partial charge is 0.330 e. The van der Waals surface area contributed by atoms with Crippen LogP contribution in [0.3, 0.4) is 0 Å². The molecule has 0 aromatic carbocycles. The molecule has 0 saturated carbocycles. The predicted molar refractivity (Wildman–Crippen MR) is 59.8 cm³/mol. The van der Waals surface area contributed by atoms with Crippen molar-refractivity contribution in [3.63, 3.8) is 0 Å². The Balaban J connectivity index is 3.74. The first-order valence-corrected chi connectivity index (χ1v) is 5.59.